The van der Waals surface area contributed by atoms with E-state index in [0.717, 1.165) is 61.7 Å². The minimum absolute atomic E-state index is 0. The second-order valence-corrected chi connectivity index (χ2v) is 16.4. The van der Waals surface area contributed by atoms with Crippen molar-refractivity contribution >= 4 is 79.9 Å². The number of aliphatic carboxylic acids is 1. The van der Waals surface area contributed by atoms with Crippen LogP contribution < -0.4 is 240 Å². The maximum absolute atomic E-state index is 12.9. The van der Waals surface area contributed by atoms with Crippen LogP contribution in [0.5, 0.6) is 28.7 Å². The molecule has 0 heterocycles. The molecule has 5 rings (SSSR count). The average molecular weight is 1660 g/mol. The third kappa shape index (κ3) is 66.2. The summed E-state index contributed by atoms with van der Waals surface area (Å²) in [6, 6.07) is 10.9. The van der Waals surface area contributed by atoms with Gasteiger partial charge in [0.15, 0.2) is 23.0 Å². The van der Waals surface area contributed by atoms with Gasteiger partial charge in [0, 0.05) is 81.8 Å². The molecule has 0 aliphatic carbocycles. The van der Waals surface area contributed by atoms with Crippen LogP contribution in [0, 0.1) is 68.6 Å². The smallest absolute Gasteiger partial charge is 1.00 e. The Morgan fingerprint density at radius 3 is 1.22 bits per heavy atom. The number of hydrogen-bond donors (Lipinski definition) is 7. The van der Waals surface area contributed by atoms with Crippen molar-refractivity contribution < 1.29 is 360 Å². The Balaban J connectivity index is -0.0000000954. The number of carbonyl (C=O) groups excluding carboxylic acids is 2. The maximum atomic E-state index is 12.9. The second kappa shape index (κ2) is 68.8. The quantitative estimate of drug-likeness (QED) is 0.00388. The largest absolute Gasteiger partial charge is 1.00 e. The fraction of sp³-hybridized carbons (Fsp3) is 0.289. The van der Waals surface area contributed by atoms with Crippen LogP contribution in [-0.4, -0.2) is 152 Å². The van der Waals surface area contributed by atoms with Gasteiger partial charge in [-0.1, -0.05) is 0 Å². The summed E-state index contributed by atoms with van der Waals surface area (Å²) in [6.07, 6.45) is 0. The number of aliphatic hydroxyl groups excluding tert-OH is 1. The van der Waals surface area contributed by atoms with Gasteiger partial charge in [0.1, 0.15) is 34.4 Å². The first-order valence-electron chi connectivity index (χ1n) is 24.4. The van der Waals surface area contributed by atoms with Crippen molar-refractivity contribution in [3.8, 4) is 28.7 Å². The van der Waals surface area contributed by atoms with Crippen LogP contribution in [0.1, 0.15) is 4.17 Å². The van der Waals surface area contributed by atoms with E-state index in [1.165, 1.54) is 5.34 Å². The van der Waals surface area contributed by atoms with E-state index in [0.29, 0.717) is 37.4 Å². The number of phenolic OH excluding ortho intramolecular Hbond substituents is 1. The number of benzene rings is 5. The number of anilines is 4. The number of hydrogen-bond acceptors (Lipinski definition) is 30. The van der Waals surface area contributed by atoms with E-state index in [4.69, 9.17) is 77.8 Å². The molecule has 5 aromatic carbocycles. The number of nitrogens with two attached hydrogens (primary N) is 3. The Morgan fingerprint density at radius 2 is 0.922 bits per heavy atom. The van der Waals surface area contributed by atoms with E-state index in [2.05, 4.69) is 40.4 Å². The molecule has 5 aromatic rings. The SMILES string of the molecule is CN(C)CCN(C)c1cc(OC(F)F)c(N)cc1[N+](=O)[O-].CO.Nc1cc([N+](=O)[O-])c(F)cc1OC(F)F.Nc1ccc(F)cc1OC(F)F.O=C([O-])C(F)(F)Cl.O=CO[O-].O=NO[O-].O=S(=O)(O)O.O=[N+]([O-])c1ccc(F)cc1O.O=[N+]([O-])c1ccc(F)cc1OC(F)F.[2H]CF.[2H]CF.[H-].[K+].[K+].[K+].[Na+]. The number of nitrogen functional groups attached to an aromatic ring is 3. The molecule has 0 unspecified atom stereocenters. The Morgan fingerprint density at radius 1 is 0.631 bits per heavy atom. The van der Waals surface area contributed by atoms with Crippen LogP contribution in [-0.2, 0) is 29.9 Å². The molecule has 0 amide bonds. The molecule has 0 spiro atoms. The number of halogens is 17. The number of nitro groups is 4. The van der Waals surface area contributed by atoms with Crippen molar-refractivity contribution in [2.45, 2.75) is 31.8 Å². The first-order valence-corrected chi connectivity index (χ1v) is 24.8. The van der Waals surface area contributed by atoms with Gasteiger partial charge in [-0.3, -0.25) is 63.1 Å². The Kier molecular flexibility index (Phi) is 77.8. The monoisotopic (exact) mass is 1660 g/mol. The molecular formula is C45H51ClF16K3N10NaO26S. The molecule has 0 aliphatic rings. The molecule has 36 nitrogen and oxygen atoms in total. The van der Waals surface area contributed by atoms with Gasteiger partial charge in [-0.05, 0) is 50.0 Å². The summed E-state index contributed by atoms with van der Waals surface area (Å²) in [5.74, 6) is -8.81. The minimum atomic E-state index is -4.67. The molecule has 566 valence electrons. The van der Waals surface area contributed by atoms with Crippen LogP contribution in [0.4, 0.5) is 116 Å². The second-order valence-electron chi connectivity index (χ2n) is 15.0. The average Bonchev–Trinajstić information content (AvgIpc) is 0.816. The van der Waals surface area contributed by atoms with E-state index in [-0.39, 0.29) is 226 Å². The number of nitro benzene ring substituents is 4. The van der Waals surface area contributed by atoms with Gasteiger partial charge in [0.05, 0.1) is 53.8 Å². The van der Waals surface area contributed by atoms with Crippen LogP contribution in [0.3, 0.4) is 0 Å². The van der Waals surface area contributed by atoms with Gasteiger partial charge in [0.2, 0.25) is 11.6 Å². The zero-order chi connectivity index (χ0) is 80.8. The number of carbonyl (C=O) groups is 2. The van der Waals surface area contributed by atoms with Crippen LogP contribution in [0.25, 0.3) is 0 Å². The number of rotatable bonds is 19. The van der Waals surface area contributed by atoms with E-state index in [1.807, 2.05) is 19.0 Å². The minimum Gasteiger partial charge on any atom is -1.00 e. The number of carboxylic acids is 1. The van der Waals surface area contributed by atoms with Crippen molar-refractivity contribution in [3.05, 3.63) is 147 Å². The third-order valence-electron chi connectivity index (χ3n) is 8.27. The number of phenols is 1. The fourth-order valence-electron chi connectivity index (χ4n) is 4.78. The molecule has 10 N–H and O–H groups in total. The molecule has 103 heavy (non-hydrogen) atoms. The molecule has 0 radical (unpaired) electrons. The summed E-state index contributed by atoms with van der Waals surface area (Å²) in [6.45, 7) is -11.5. The molecule has 58 heteroatoms. The van der Waals surface area contributed by atoms with Crippen LogP contribution in [0.2, 0.25) is 0 Å². The van der Waals surface area contributed by atoms with Gasteiger partial charge in [-0.25, -0.2) is 13.2 Å². The zero-order valence-electron chi connectivity index (χ0n) is 56.2. The van der Waals surface area contributed by atoms with E-state index in [1.54, 1.807) is 11.9 Å². The van der Waals surface area contributed by atoms with Crippen LogP contribution >= 0.6 is 11.6 Å². The Hall–Kier alpha value is -4.97. The van der Waals surface area contributed by atoms with Crippen molar-refractivity contribution in [3.63, 3.8) is 0 Å². The molecule has 0 saturated carbocycles. The molecular weight excluding hydrogens is 1610 g/mol. The summed E-state index contributed by atoms with van der Waals surface area (Å²) in [5.41, 5.74) is 13.1. The first-order chi connectivity index (χ1) is 46.4. The van der Waals surface area contributed by atoms with Gasteiger partial charge in [-0.2, -0.15) is 56.7 Å². The summed E-state index contributed by atoms with van der Waals surface area (Å²) in [5, 5.41) is 80.4. The number of alkyl halides is 13. The van der Waals surface area contributed by atoms with Gasteiger partial charge in [0.25, 0.3) is 12.2 Å². The standard InChI is InChI=1S/C12H18F2N4O3.C7H5F3N2O3.C7H4F3NO3.C7H6F3NO.C6H4FNO3.C2HClF2O2.2CH3F.CH2O3.CH4O.3K.HNO3.Na.H2O4S.H/c1-16(2)4-5-17(3)9-7-11(21-12(13)14)8(15)6-10(9)18(19)20;8-3-1-6(15-7(9)10)4(11)2-5(3)12(13)14;8-4-1-2-5(11(12)13)6(3-4)14-7(9)10;8-4-1-2-5(11)6(3-4)12-7(9)10;7-4-1-2-5(8(10)11)6(9)3-4;3-2(4,5)1(6)7;2*1-2;2-1-4-3;1-2;;;;2-1-4-3;;1-5(2,3)4;/h6-7,12H,4-5,15H2,1-3H3;1-2,7H,11H2;1-3,7H;1-3,7H,11H2;1-3,9H;(H,6,7);2*1H3;1,3H;2H,1H3;;;;3H;;(H2,1,2,3,4);/q;;;;;;;;;;3*+1;;+1;;-1/p-3/i;;;;;;2*1D;;;;;;;;;. The Labute approximate surface area is 726 Å². The summed E-state index contributed by atoms with van der Waals surface area (Å²) in [4.78, 5) is 72.8. The predicted molar refractivity (Wildman–Crippen MR) is 299 cm³/mol. The topological polar surface area (TPSA) is 560 Å². The summed E-state index contributed by atoms with van der Waals surface area (Å²) < 4.78 is 245. The van der Waals surface area contributed by atoms with Crippen molar-refractivity contribution in [1.82, 2.24) is 4.90 Å². The van der Waals surface area contributed by atoms with Crippen molar-refractivity contribution in [2.24, 2.45) is 5.34 Å². The predicted octanol–water partition coefficient (Wildman–Crippen LogP) is -5.30. The Bertz CT molecular complexity index is 3380. The van der Waals surface area contributed by atoms with Crippen LogP contribution in [0.15, 0.2) is 84.2 Å². The van der Waals surface area contributed by atoms with E-state index < -0.39 is 145 Å². The first kappa shape index (κ1) is 116. The number of aliphatic hydroxyl groups is 1. The van der Waals surface area contributed by atoms with E-state index in [9.17, 15) is 111 Å². The normalized spacial score (nSPS) is 9.54. The maximum Gasteiger partial charge on any atom is 1.00 e. The third-order valence-corrected chi connectivity index (χ3v) is 8.42. The summed E-state index contributed by atoms with van der Waals surface area (Å²) >= 11 is 3.87. The molecule has 0 bridgehead atoms. The molecule has 0 aliphatic heterocycles. The molecule has 0 atom stereocenters. The number of ether oxygens (including phenoxy) is 4. The molecule has 0 aromatic heterocycles. The van der Waals surface area contributed by atoms with Crippen molar-refractivity contribution in [2.75, 3.05) is 77.8 Å². The fourth-order valence-corrected chi connectivity index (χ4v) is 4.78. The van der Waals surface area contributed by atoms with Gasteiger partial charge < -0.3 is 87.9 Å². The summed E-state index contributed by atoms with van der Waals surface area (Å²) in [7, 11) is -0.318. The van der Waals surface area contributed by atoms with Gasteiger partial charge in [-0.15, -0.1) is 4.91 Å². The van der Waals surface area contributed by atoms with Crippen molar-refractivity contribution in [1.29, 1.82) is 0 Å². The molecule has 0 saturated heterocycles. The van der Waals surface area contributed by atoms with Gasteiger partial charge >= 0.3 is 243 Å². The molecule has 0 fully saturated rings. The number of aromatic hydroxyl groups is 1. The number of likely N-dealkylation sites (N-methyl/N-ethyl adjacent to an activating group) is 2. The number of nitrogens with zero attached hydrogens (tertiary/aromatic N) is 7. The zero-order valence-corrected chi connectivity index (χ0v) is 66.1. The van der Waals surface area contributed by atoms with E-state index >= 15 is 0 Å². The number of carboxylic acid groups (broad SMARTS) is 1.